The van der Waals surface area contributed by atoms with Crippen LogP contribution in [-0.2, 0) is 4.79 Å². The fraction of sp³-hybridized carbons (Fsp3) is 0.364. The molecule has 1 aromatic carbocycles. The molecular weight excluding hydrogens is 242 g/mol. The molecule has 1 unspecified atom stereocenters. The molecule has 0 radical (unpaired) electrons. The highest BCUT2D eigenvalue weighted by Crippen LogP contribution is 2.26. The Bertz CT molecular complexity index is 447. The zero-order valence-electron chi connectivity index (χ0n) is 9.54. The van der Waals surface area contributed by atoms with E-state index in [-0.39, 0.29) is 5.69 Å². The van der Waals surface area contributed by atoms with Crippen LogP contribution in [0.1, 0.15) is 12.5 Å². The van der Waals surface area contributed by atoms with Gasteiger partial charge in [0.05, 0.1) is 10.8 Å². The molecule has 5 nitrogen and oxygen atoms in total. The van der Waals surface area contributed by atoms with Crippen molar-refractivity contribution in [1.29, 1.82) is 0 Å². The van der Waals surface area contributed by atoms with E-state index < -0.39 is 16.8 Å². The first kappa shape index (κ1) is 13.5. The van der Waals surface area contributed by atoms with E-state index in [0.29, 0.717) is 5.75 Å². The number of non-ortho nitro benzene ring substituents is 1. The van der Waals surface area contributed by atoms with Crippen LogP contribution in [0.3, 0.4) is 0 Å². The number of nitro groups is 1. The molecule has 0 fully saturated rings. The number of nitrogens with zero attached hydrogens (tertiary/aromatic N) is 1. The summed E-state index contributed by atoms with van der Waals surface area (Å²) in [6, 6.07) is 4.77. The van der Waals surface area contributed by atoms with Gasteiger partial charge in [0.15, 0.2) is 0 Å². The number of carboxylic acid groups (broad SMARTS) is 1. The topological polar surface area (TPSA) is 80.4 Å². The third-order valence-corrected chi connectivity index (χ3v) is 3.40. The van der Waals surface area contributed by atoms with Gasteiger partial charge < -0.3 is 5.11 Å². The Balaban J connectivity index is 2.78. The van der Waals surface area contributed by atoms with Gasteiger partial charge in [0, 0.05) is 22.8 Å². The molecule has 0 bridgehead atoms. The van der Waals surface area contributed by atoms with Crippen LogP contribution in [0.5, 0.6) is 0 Å². The number of carboxylic acids is 1. The fourth-order valence-corrected chi connectivity index (χ4v) is 2.27. The molecule has 17 heavy (non-hydrogen) atoms. The van der Waals surface area contributed by atoms with Gasteiger partial charge in [-0.15, -0.1) is 11.8 Å². The molecule has 0 amide bonds. The number of benzene rings is 1. The van der Waals surface area contributed by atoms with Crippen molar-refractivity contribution in [3.8, 4) is 0 Å². The van der Waals surface area contributed by atoms with Gasteiger partial charge in [-0.3, -0.25) is 14.9 Å². The van der Waals surface area contributed by atoms with E-state index in [9.17, 15) is 14.9 Å². The Labute approximate surface area is 103 Å². The molecule has 1 atom stereocenters. The van der Waals surface area contributed by atoms with Crippen LogP contribution >= 0.6 is 11.8 Å². The van der Waals surface area contributed by atoms with Gasteiger partial charge in [0.25, 0.3) is 5.69 Å². The first-order valence-corrected chi connectivity index (χ1v) is 6.00. The molecule has 0 aliphatic heterocycles. The first-order chi connectivity index (χ1) is 7.90. The number of hydrogen-bond donors (Lipinski definition) is 1. The fourth-order valence-electron chi connectivity index (χ4n) is 1.21. The van der Waals surface area contributed by atoms with E-state index in [1.165, 1.54) is 23.9 Å². The summed E-state index contributed by atoms with van der Waals surface area (Å²) in [6.45, 7) is 3.39. The molecule has 0 heterocycles. The number of rotatable bonds is 5. The van der Waals surface area contributed by atoms with Crippen LogP contribution in [-0.4, -0.2) is 21.8 Å². The summed E-state index contributed by atoms with van der Waals surface area (Å²) in [4.78, 5) is 21.6. The average Bonchev–Trinajstić information content (AvgIpc) is 2.24. The largest absolute Gasteiger partial charge is 0.481 e. The van der Waals surface area contributed by atoms with Crippen LogP contribution in [0.4, 0.5) is 5.69 Å². The minimum atomic E-state index is -0.861. The molecule has 0 aromatic heterocycles. The SMILES string of the molecule is Cc1cc(SCC(C)C(=O)O)cc([N+](=O)[O-])c1. The second-order valence-corrected chi connectivity index (χ2v) is 4.91. The molecule has 1 aromatic rings. The van der Waals surface area contributed by atoms with Gasteiger partial charge in [-0.2, -0.15) is 0 Å². The predicted octanol–water partition coefficient (Wildman–Crippen LogP) is 2.72. The lowest BCUT2D eigenvalue weighted by Gasteiger charge is -2.06. The number of carbonyl (C=O) groups is 1. The number of aryl methyl sites for hydroxylation is 1. The van der Waals surface area contributed by atoms with Crippen LogP contribution in [0, 0.1) is 23.0 Å². The van der Waals surface area contributed by atoms with Crippen molar-refractivity contribution in [3.05, 3.63) is 33.9 Å². The quantitative estimate of drug-likeness (QED) is 0.497. The molecule has 6 heteroatoms. The highest BCUT2D eigenvalue weighted by Gasteiger charge is 2.13. The zero-order valence-corrected chi connectivity index (χ0v) is 10.4. The molecule has 1 N–H and O–H groups in total. The monoisotopic (exact) mass is 255 g/mol. The van der Waals surface area contributed by atoms with Gasteiger partial charge in [0.2, 0.25) is 0 Å². The highest BCUT2D eigenvalue weighted by molar-refractivity contribution is 7.99. The Morgan fingerprint density at radius 3 is 2.71 bits per heavy atom. The first-order valence-electron chi connectivity index (χ1n) is 5.02. The molecule has 0 saturated heterocycles. The van der Waals surface area contributed by atoms with Crippen molar-refractivity contribution in [2.45, 2.75) is 18.7 Å². The van der Waals surface area contributed by atoms with E-state index in [1.807, 2.05) is 6.07 Å². The maximum absolute atomic E-state index is 10.7. The normalized spacial score (nSPS) is 12.1. The molecule has 92 valence electrons. The minimum absolute atomic E-state index is 0.0375. The van der Waals surface area contributed by atoms with Gasteiger partial charge in [0.1, 0.15) is 0 Å². The van der Waals surface area contributed by atoms with E-state index in [2.05, 4.69) is 0 Å². The van der Waals surface area contributed by atoms with Gasteiger partial charge >= 0.3 is 5.97 Å². The summed E-state index contributed by atoms with van der Waals surface area (Å²) >= 11 is 1.32. The third kappa shape index (κ3) is 4.07. The molecule has 1 rings (SSSR count). The predicted molar refractivity (Wildman–Crippen MR) is 65.4 cm³/mol. The van der Waals surface area contributed by atoms with Crippen LogP contribution in [0.2, 0.25) is 0 Å². The van der Waals surface area contributed by atoms with Crippen LogP contribution < -0.4 is 0 Å². The maximum Gasteiger partial charge on any atom is 0.307 e. The van der Waals surface area contributed by atoms with Gasteiger partial charge in [-0.25, -0.2) is 0 Å². The van der Waals surface area contributed by atoms with Gasteiger partial charge in [-0.1, -0.05) is 6.92 Å². The number of thioether (sulfide) groups is 1. The Morgan fingerprint density at radius 2 is 2.18 bits per heavy atom. The Kier molecular flexibility index (Phi) is 4.51. The lowest BCUT2D eigenvalue weighted by Crippen LogP contribution is -2.11. The molecule has 0 saturated carbocycles. The molecular formula is C11H13NO4S. The maximum atomic E-state index is 10.7. The second-order valence-electron chi connectivity index (χ2n) is 3.81. The molecule has 0 aliphatic rings. The standard InChI is InChI=1S/C11H13NO4S/c1-7-3-9(12(15)16)5-10(4-7)17-6-8(2)11(13)14/h3-5,8H,6H2,1-2H3,(H,13,14). The van der Waals surface area contributed by atoms with Crippen molar-refractivity contribution < 1.29 is 14.8 Å². The highest BCUT2D eigenvalue weighted by atomic mass is 32.2. The number of aliphatic carboxylic acids is 1. The van der Waals surface area contributed by atoms with Crippen molar-refractivity contribution in [2.75, 3.05) is 5.75 Å². The minimum Gasteiger partial charge on any atom is -0.481 e. The summed E-state index contributed by atoms with van der Waals surface area (Å²) < 4.78 is 0. The Hall–Kier alpha value is -1.56. The van der Waals surface area contributed by atoms with Crippen molar-refractivity contribution in [2.24, 2.45) is 5.92 Å². The Morgan fingerprint density at radius 1 is 1.53 bits per heavy atom. The summed E-state index contributed by atoms with van der Waals surface area (Å²) in [5.41, 5.74) is 0.833. The average molecular weight is 255 g/mol. The van der Waals surface area contributed by atoms with Crippen molar-refractivity contribution in [1.82, 2.24) is 0 Å². The van der Waals surface area contributed by atoms with E-state index in [0.717, 1.165) is 10.5 Å². The van der Waals surface area contributed by atoms with Gasteiger partial charge in [-0.05, 0) is 18.6 Å². The summed E-state index contributed by atoms with van der Waals surface area (Å²) in [6.07, 6.45) is 0. The van der Waals surface area contributed by atoms with Crippen molar-refractivity contribution in [3.63, 3.8) is 0 Å². The van der Waals surface area contributed by atoms with E-state index >= 15 is 0 Å². The van der Waals surface area contributed by atoms with Crippen LogP contribution in [0.25, 0.3) is 0 Å². The summed E-state index contributed by atoms with van der Waals surface area (Å²) in [7, 11) is 0. The third-order valence-electron chi connectivity index (χ3n) is 2.17. The summed E-state index contributed by atoms with van der Waals surface area (Å²) in [5, 5.41) is 19.4. The number of hydrogen-bond acceptors (Lipinski definition) is 4. The lowest BCUT2D eigenvalue weighted by atomic mass is 10.2. The smallest absolute Gasteiger partial charge is 0.307 e. The number of nitro benzene ring substituents is 1. The molecule has 0 aliphatic carbocycles. The van der Waals surface area contributed by atoms with E-state index in [1.54, 1.807) is 13.8 Å². The lowest BCUT2D eigenvalue weighted by molar-refractivity contribution is -0.385. The zero-order chi connectivity index (χ0) is 13.0. The van der Waals surface area contributed by atoms with Crippen LogP contribution in [0.15, 0.2) is 23.1 Å². The summed E-state index contributed by atoms with van der Waals surface area (Å²) in [5.74, 6) is -0.935. The van der Waals surface area contributed by atoms with Crippen molar-refractivity contribution >= 4 is 23.4 Å². The second kappa shape index (κ2) is 5.67. The van der Waals surface area contributed by atoms with E-state index in [4.69, 9.17) is 5.11 Å². The molecule has 0 spiro atoms.